The van der Waals surface area contributed by atoms with E-state index in [1.165, 1.54) is 6.92 Å². The lowest BCUT2D eigenvalue weighted by molar-refractivity contribution is -0.408. The predicted molar refractivity (Wildman–Crippen MR) is 309 cm³/mol. The van der Waals surface area contributed by atoms with Gasteiger partial charge in [-0.1, -0.05) is 27.7 Å². The molecule has 0 aromatic carbocycles. The Morgan fingerprint density at radius 2 is 1.10 bits per heavy atom. The van der Waals surface area contributed by atoms with E-state index in [0.717, 1.165) is 12.8 Å². The summed E-state index contributed by atoms with van der Waals surface area (Å²) in [6.45, 7) is 6.40. The van der Waals surface area contributed by atoms with Gasteiger partial charge in [0.1, 0.15) is 134 Å². The van der Waals surface area contributed by atoms with Crippen molar-refractivity contribution < 1.29 is 158 Å². The second-order valence-corrected chi connectivity index (χ2v) is 29.0. The second-order valence-electron chi connectivity index (χ2n) is 29.0. The van der Waals surface area contributed by atoms with Crippen molar-refractivity contribution in [3.63, 3.8) is 0 Å². The van der Waals surface area contributed by atoms with E-state index in [4.69, 9.17) is 66.3 Å². The molecule has 7 saturated heterocycles. The summed E-state index contributed by atoms with van der Waals surface area (Å²) in [5.74, 6) is -0.955. The number of carbonyl (C=O) groups excluding carboxylic acids is 1. The summed E-state index contributed by atoms with van der Waals surface area (Å²) >= 11 is 0. The number of aliphatic hydroxyl groups excluding tert-OH is 17. The Balaban J connectivity index is 0.786. The number of hydrogen-bond donors (Lipinski definition) is 17. The molecule has 32 heteroatoms. The van der Waals surface area contributed by atoms with Crippen molar-refractivity contribution in [2.24, 2.45) is 52.3 Å². The maximum Gasteiger partial charge on any atom is 0.187 e. The highest BCUT2D eigenvalue weighted by molar-refractivity contribution is 5.87. The first kappa shape index (κ1) is 73.6. The molecule has 11 aliphatic rings. The summed E-state index contributed by atoms with van der Waals surface area (Å²) < 4.78 is 85.8. The molecule has 32 nitrogen and oxygen atoms in total. The smallest absolute Gasteiger partial charge is 0.187 e. The van der Waals surface area contributed by atoms with Crippen LogP contribution in [0.2, 0.25) is 0 Å². The van der Waals surface area contributed by atoms with E-state index in [0.29, 0.717) is 44.9 Å². The third-order valence-corrected chi connectivity index (χ3v) is 23.7. The lowest BCUT2D eigenvalue weighted by atomic mass is 9.44. The molecule has 7 heterocycles. The van der Waals surface area contributed by atoms with Crippen LogP contribution in [0.3, 0.4) is 0 Å². The number of ketones is 1. The number of Topliss-reactive ketones (excluding diaryl/α,β-unsaturated/α-hetero) is 1. The summed E-state index contributed by atoms with van der Waals surface area (Å²) in [7, 11) is 1.62. The third-order valence-electron chi connectivity index (χ3n) is 23.7. The monoisotopic (exact) mass is 1360 g/mol. The number of methoxy groups -OCH3 is 1. The summed E-state index contributed by atoms with van der Waals surface area (Å²) in [6.07, 6.45) is -43.1. The van der Waals surface area contributed by atoms with E-state index >= 15 is 4.79 Å². The molecule has 0 aromatic heterocycles. The number of carbonyl (C=O) groups is 1. The van der Waals surface area contributed by atoms with Gasteiger partial charge in [0.15, 0.2) is 43.5 Å². The van der Waals surface area contributed by atoms with E-state index in [2.05, 4.69) is 20.8 Å². The van der Waals surface area contributed by atoms with E-state index < -0.39 is 222 Å². The van der Waals surface area contributed by atoms with E-state index in [9.17, 15) is 86.8 Å². The van der Waals surface area contributed by atoms with Gasteiger partial charge in [-0.15, -0.1) is 0 Å². The largest absolute Gasteiger partial charge is 0.394 e. The highest BCUT2D eigenvalue weighted by Crippen LogP contribution is 2.70. The number of fused-ring (bicyclic) bond motifs is 7. The van der Waals surface area contributed by atoms with Crippen molar-refractivity contribution in [1.82, 2.24) is 0 Å². The average Bonchev–Trinajstić information content (AvgIpc) is 1.49. The molecule has 11 fully saturated rings. The van der Waals surface area contributed by atoms with Gasteiger partial charge < -0.3 is 153 Å². The van der Waals surface area contributed by atoms with Gasteiger partial charge in [0.25, 0.3) is 0 Å². The van der Waals surface area contributed by atoms with Gasteiger partial charge in [0, 0.05) is 37.2 Å². The van der Waals surface area contributed by atoms with Crippen LogP contribution in [0.25, 0.3) is 0 Å². The Kier molecular flexibility index (Phi) is 23.0. The molecule has 4 aliphatic carbocycles. The zero-order valence-corrected chi connectivity index (χ0v) is 53.7. The van der Waals surface area contributed by atoms with Gasteiger partial charge in [0.05, 0.1) is 58.0 Å². The van der Waals surface area contributed by atoms with Crippen LogP contribution in [-0.2, 0) is 71.1 Å². The normalized spacial score (nSPS) is 54.9. The molecule has 40 atom stereocenters. The quantitative estimate of drug-likeness (QED) is 0.0504. The van der Waals surface area contributed by atoms with Crippen LogP contribution in [0, 0.1) is 52.3 Å². The molecule has 0 radical (unpaired) electrons. The topological polar surface area (TPSA) is 490 Å². The summed E-state index contributed by atoms with van der Waals surface area (Å²) in [5, 5.41) is 183. The van der Waals surface area contributed by atoms with Crippen LogP contribution < -0.4 is 0 Å². The number of aliphatic hydroxyl groups is 17. The van der Waals surface area contributed by atoms with Crippen molar-refractivity contribution >= 4 is 5.78 Å². The Bertz CT molecular complexity index is 2490. The van der Waals surface area contributed by atoms with Gasteiger partial charge >= 0.3 is 0 Å². The van der Waals surface area contributed by atoms with Crippen molar-refractivity contribution in [3.8, 4) is 0 Å². The van der Waals surface area contributed by atoms with Crippen LogP contribution in [0.15, 0.2) is 0 Å². The van der Waals surface area contributed by atoms with Gasteiger partial charge in [-0.2, -0.15) is 0 Å². The summed E-state index contributed by atoms with van der Waals surface area (Å²) in [5.41, 5.74) is -1.03. The van der Waals surface area contributed by atoms with E-state index in [1.54, 1.807) is 7.11 Å². The fourth-order valence-corrected chi connectivity index (χ4v) is 18.0. The van der Waals surface area contributed by atoms with Crippen molar-refractivity contribution in [2.75, 3.05) is 46.8 Å². The summed E-state index contributed by atoms with van der Waals surface area (Å²) in [6, 6.07) is 0. The van der Waals surface area contributed by atoms with Gasteiger partial charge in [-0.05, 0) is 86.9 Å². The molecular weight excluding hydrogens is 1260 g/mol. The molecule has 0 amide bonds. The molecule has 0 bridgehead atoms. The Morgan fingerprint density at radius 3 is 1.73 bits per heavy atom. The zero-order chi connectivity index (χ0) is 67.9. The SMILES string of the molecule is COC1(CC[C@@H](C)CO[C@@H]2O[C@H](CO)[C@@H](O)[C@H](O)[C@H]2O)OC2CC3C4CCC5CC(O[C@@H]6O[C@H](CO)[C@H](O[C@@H]7O[C@H](CO)[C@@H](O)[C@H](OC8OC[C@@H](O)[C@H](O)[C@H]8O)[C@H]7OC7OC[C@@H](O)[C@H](O)[C@H]7O)[C@H](O)[C@H]6O[C@@H]6O[C@@H](C)[C@H](O)[C@@H](O)[C@H]6O)CC[C@]5(C)C4CC(=O)[C@]3(C)C2[C@@H]1C. The van der Waals surface area contributed by atoms with Crippen molar-refractivity contribution in [3.05, 3.63) is 0 Å². The lowest BCUT2D eigenvalue weighted by Gasteiger charge is -2.60. The first-order chi connectivity index (χ1) is 44.5. The van der Waals surface area contributed by atoms with Crippen LogP contribution >= 0.6 is 0 Å². The van der Waals surface area contributed by atoms with Crippen molar-refractivity contribution in [1.29, 1.82) is 0 Å². The first-order valence-electron chi connectivity index (χ1n) is 33.4. The average molecular weight is 1360 g/mol. The second kappa shape index (κ2) is 29.4. The number of ether oxygens (including phenoxy) is 14. The highest BCUT2D eigenvalue weighted by Gasteiger charge is 2.72. The number of rotatable bonds is 20. The van der Waals surface area contributed by atoms with E-state index in [1.807, 2.05) is 6.92 Å². The fourth-order valence-electron chi connectivity index (χ4n) is 18.0. The molecule has 11 rings (SSSR count). The molecule has 4 saturated carbocycles. The maximum absolute atomic E-state index is 15.2. The van der Waals surface area contributed by atoms with E-state index in [-0.39, 0.29) is 65.3 Å². The molecule has 17 N–H and O–H groups in total. The number of hydrogen-bond acceptors (Lipinski definition) is 32. The molecule has 0 aromatic rings. The molecule has 542 valence electrons. The standard InChI is InChI=1S/C62H102O32/c1-22(19-82-54-47(78)44(75)41(72)33(16-63)87-54)9-12-62(81-6)23(2)37-32(94-62)14-29-27-8-7-25-13-26(10-11-60(25,4)28(27)15-36(68)61(29,37)5)86-58-52(92-57-48(79)43(74)38(69)24(3)85-57)49(80)50(35(18-65)89-58)90-59-53(93-56-46(77)40(71)31(67)21-84-56)51(42(73)34(17-64)88-59)91-55-45(76)39(70)30(66)20-83-55/h22-35,37-59,63-67,69-80H,7-21H2,1-6H3/t22-,23+,24+,25?,26?,27?,28?,29?,30-,31-,32?,33-,34-,35-,37?,38+,39+,40+,41-,42-,43-,44+,45-,46-,47-,48-,49+,50+,51+,52-,53-,54-,55?,56?,57+,58-,59+,60+,61-,62?/m1/s1. The Morgan fingerprint density at radius 1 is 0.543 bits per heavy atom. The Hall–Kier alpha value is -1.57. The van der Waals surface area contributed by atoms with Crippen LogP contribution in [0.4, 0.5) is 0 Å². The molecule has 0 spiro atoms. The van der Waals surface area contributed by atoms with Crippen molar-refractivity contribution in [2.45, 2.75) is 282 Å². The molecule has 7 aliphatic heterocycles. The minimum Gasteiger partial charge on any atom is -0.394 e. The zero-order valence-electron chi connectivity index (χ0n) is 53.7. The van der Waals surface area contributed by atoms with Crippen LogP contribution in [-0.4, -0.2) is 329 Å². The van der Waals surface area contributed by atoms with Crippen LogP contribution in [0.1, 0.15) is 92.4 Å². The molecule has 94 heavy (non-hydrogen) atoms. The predicted octanol–water partition coefficient (Wildman–Crippen LogP) is -6.17. The summed E-state index contributed by atoms with van der Waals surface area (Å²) in [4.78, 5) is 15.2. The molecular formula is C62H102O32. The minimum atomic E-state index is -1.99. The lowest BCUT2D eigenvalue weighted by Crippen LogP contribution is -2.68. The fraction of sp³-hybridized carbons (Fsp3) is 0.984. The maximum atomic E-state index is 15.2. The van der Waals surface area contributed by atoms with Gasteiger partial charge in [-0.25, -0.2) is 0 Å². The Labute approximate surface area is 543 Å². The van der Waals surface area contributed by atoms with Gasteiger partial charge in [0.2, 0.25) is 0 Å². The third kappa shape index (κ3) is 13.4. The van der Waals surface area contributed by atoms with Gasteiger partial charge in [-0.3, -0.25) is 4.79 Å². The van der Waals surface area contributed by atoms with Crippen LogP contribution in [0.5, 0.6) is 0 Å². The first-order valence-corrected chi connectivity index (χ1v) is 33.4. The molecule has 10 unspecified atom stereocenters. The highest BCUT2D eigenvalue weighted by atomic mass is 16.8. The minimum absolute atomic E-state index is 0.0218.